The number of aromatic nitrogens is 1. The molecule has 1 amide bonds. The van der Waals surface area contributed by atoms with Crippen LogP contribution in [-0.4, -0.2) is 16.0 Å². The van der Waals surface area contributed by atoms with Crippen LogP contribution in [0.4, 0.5) is 27.1 Å². The second kappa shape index (κ2) is 8.68. The van der Waals surface area contributed by atoms with Crippen LogP contribution in [0.2, 0.25) is 0 Å². The molecule has 0 saturated carbocycles. The van der Waals surface area contributed by atoms with E-state index in [0.29, 0.717) is 10.9 Å². The van der Waals surface area contributed by atoms with E-state index in [4.69, 9.17) is 0 Å². The predicted molar refractivity (Wildman–Crippen MR) is 105 cm³/mol. The summed E-state index contributed by atoms with van der Waals surface area (Å²) in [5, 5.41) is 12.1. The molecular weight excluding hydrogens is 495 g/mol. The van der Waals surface area contributed by atoms with E-state index in [1.165, 1.54) is 18.2 Å². The molecule has 1 aromatic heterocycles. The van der Waals surface area contributed by atoms with Crippen LogP contribution < -0.4 is 5.32 Å². The molecule has 0 fully saturated rings. The quantitative estimate of drug-likeness (QED) is 0.247. The average molecular weight is 507 g/mol. The highest BCUT2D eigenvalue weighted by atomic mass is 79.9. The van der Waals surface area contributed by atoms with E-state index >= 15 is 0 Å². The fraction of sp³-hybridized carbons (Fsp3) is 0.158. The third-order valence-corrected chi connectivity index (χ3v) is 5.57. The average Bonchev–Trinajstić information content (AvgIpc) is 3.09. The molecule has 2 aromatic carbocycles. The van der Waals surface area contributed by atoms with Gasteiger partial charge in [-0.05, 0) is 24.6 Å². The molecule has 2 N–H and O–H groups in total. The Morgan fingerprint density at radius 1 is 1.10 bits per heavy atom. The van der Waals surface area contributed by atoms with E-state index in [1.807, 2.05) is 0 Å². The highest BCUT2D eigenvalue weighted by Crippen LogP contribution is 2.38. The molecule has 0 aliphatic rings. The summed E-state index contributed by atoms with van der Waals surface area (Å²) < 4.78 is 69.7. The first-order valence-electron chi connectivity index (χ1n) is 8.47. The number of nitrogens with zero attached hydrogens (tertiary/aromatic N) is 1. The van der Waals surface area contributed by atoms with Crippen LogP contribution in [0.3, 0.4) is 0 Å². The third kappa shape index (κ3) is 4.04. The molecule has 0 bridgehead atoms. The minimum Gasteiger partial charge on any atom is -0.507 e. The van der Waals surface area contributed by atoms with Crippen molar-refractivity contribution in [2.24, 2.45) is 0 Å². The number of aromatic hydroxyl groups is 1. The van der Waals surface area contributed by atoms with Gasteiger partial charge in [-0.2, -0.15) is 0 Å². The summed E-state index contributed by atoms with van der Waals surface area (Å²) >= 11 is 4.00. The van der Waals surface area contributed by atoms with Gasteiger partial charge in [-0.25, -0.2) is 26.9 Å². The van der Waals surface area contributed by atoms with Gasteiger partial charge in [0.2, 0.25) is 5.82 Å². The van der Waals surface area contributed by atoms with Crippen molar-refractivity contribution in [3.05, 3.63) is 62.2 Å². The van der Waals surface area contributed by atoms with Crippen LogP contribution in [0.1, 0.15) is 28.6 Å². The van der Waals surface area contributed by atoms with E-state index in [9.17, 15) is 31.9 Å². The van der Waals surface area contributed by atoms with Crippen molar-refractivity contribution in [3.8, 4) is 17.0 Å². The number of hydrogen-bond donors (Lipinski definition) is 2. The molecule has 0 aliphatic heterocycles. The van der Waals surface area contributed by atoms with Crippen LogP contribution in [-0.2, 0) is 6.42 Å². The van der Waals surface area contributed by atoms with Gasteiger partial charge in [0.05, 0.1) is 16.8 Å². The fourth-order valence-corrected chi connectivity index (χ4v) is 4.09. The number of nitrogens with one attached hydrogen (secondary N) is 1. The standard InChI is InChI=1S/C19H12BrF5N2O2S/c1-2-3-10-17(11-12(21)14(23)16(25)15(24)13(11)22)26-19(30-10)27-18(29)8-6-7(20)4-5-9(8)28/h4-6,28H,2-3H2,1H3,(H,26,27,29). The lowest BCUT2D eigenvalue weighted by Gasteiger charge is -2.08. The Hall–Kier alpha value is -2.53. The second-order valence-corrected chi connectivity index (χ2v) is 8.10. The highest BCUT2D eigenvalue weighted by Gasteiger charge is 2.30. The predicted octanol–water partition coefficient (Wildman–Crippen LogP) is 6.18. The molecule has 0 unspecified atom stereocenters. The molecule has 4 nitrogen and oxygen atoms in total. The second-order valence-electron chi connectivity index (χ2n) is 6.10. The van der Waals surface area contributed by atoms with Crippen molar-refractivity contribution in [1.29, 1.82) is 0 Å². The van der Waals surface area contributed by atoms with Gasteiger partial charge < -0.3 is 5.11 Å². The number of carbonyl (C=O) groups excluding carboxylic acids is 1. The van der Waals surface area contributed by atoms with E-state index in [-0.39, 0.29) is 27.7 Å². The molecule has 30 heavy (non-hydrogen) atoms. The number of phenols is 1. The monoisotopic (exact) mass is 506 g/mol. The zero-order valence-electron chi connectivity index (χ0n) is 15.1. The summed E-state index contributed by atoms with van der Waals surface area (Å²) in [5.41, 5.74) is -1.70. The molecule has 158 valence electrons. The number of aryl methyl sites for hydroxylation is 1. The smallest absolute Gasteiger partial charge is 0.261 e. The number of thiazole rings is 1. The van der Waals surface area contributed by atoms with Gasteiger partial charge >= 0.3 is 0 Å². The van der Waals surface area contributed by atoms with E-state index in [2.05, 4.69) is 26.2 Å². The number of rotatable bonds is 5. The Bertz CT molecular complexity index is 1120. The number of halogens is 6. The molecule has 0 saturated heterocycles. The molecule has 11 heteroatoms. The van der Waals surface area contributed by atoms with Gasteiger partial charge in [-0.3, -0.25) is 10.1 Å². The Morgan fingerprint density at radius 3 is 2.30 bits per heavy atom. The molecular formula is C19H12BrF5N2O2S. The lowest BCUT2D eigenvalue weighted by Crippen LogP contribution is -2.12. The summed E-state index contributed by atoms with van der Waals surface area (Å²) in [4.78, 5) is 16.6. The first-order chi connectivity index (χ1) is 14.1. The van der Waals surface area contributed by atoms with Gasteiger partial charge in [0.15, 0.2) is 28.4 Å². The molecule has 3 rings (SSSR count). The summed E-state index contributed by atoms with van der Waals surface area (Å²) in [6.07, 6.45) is 0.717. The molecule has 0 spiro atoms. The summed E-state index contributed by atoms with van der Waals surface area (Å²) in [6, 6.07) is 4.13. The Labute approximate surface area is 179 Å². The lowest BCUT2D eigenvalue weighted by atomic mass is 10.1. The number of anilines is 1. The van der Waals surface area contributed by atoms with Crippen molar-refractivity contribution < 1.29 is 31.9 Å². The fourth-order valence-electron chi connectivity index (χ4n) is 2.66. The van der Waals surface area contributed by atoms with Crippen molar-refractivity contribution in [2.75, 3.05) is 5.32 Å². The SMILES string of the molecule is CCCc1sc(NC(=O)c2cc(Br)ccc2O)nc1-c1c(F)c(F)c(F)c(F)c1F. The van der Waals surface area contributed by atoms with Gasteiger partial charge in [0.1, 0.15) is 5.75 Å². The number of phenolic OH excluding ortho intramolecular Hbond substituents is 1. The van der Waals surface area contributed by atoms with Gasteiger partial charge in [-0.15, -0.1) is 11.3 Å². The van der Waals surface area contributed by atoms with Crippen molar-refractivity contribution >= 4 is 38.3 Å². The van der Waals surface area contributed by atoms with Crippen LogP contribution >= 0.6 is 27.3 Å². The van der Waals surface area contributed by atoms with E-state index in [1.54, 1.807) is 6.92 Å². The summed E-state index contributed by atoms with van der Waals surface area (Å²) in [5.74, 6) is -11.5. The van der Waals surface area contributed by atoms with Crippen LogP contribution in [0.25, 0.3) is 11.3 Å². The third-order valence-electron chi connectivity index (χ3n) is 4.04. The molecule has 0 aliphatic carbocycles. The molecule has 3 aromatic rings. The maximum Gasteiger partial charge on any atom is 0.261 e. The molecule has 0 radical (unpaired) electrons. The topological polar surface area (TPSA) is 62.2 Å². The highest BCUT2D eigenvalue weighted by molar-refractivity contribution is 9.10. The summed E-state index contributed by atoms with van der Waals surface area (Å²) in [6.45, 7) is 1.75. The zero-order valence-corrected chi connectivity index (χ0v) is 17.5. The minimum atomic E-state index is -2.26. The van der Waals surface area contributed by atoms with Crippen LogP contribution in [0.5, 0.6) is 5.75 Å². The zero-order chi connectivity index (χ0) is 22.2. The number of carbonyl (C=O) groups is 1. The minimum absolute atomic E-state index is 0.102. The van der Waals surface area contributed by atoms with E-state index in [0.717, 1.165) is 11.3 Å². The number of hydrogen-bond acceptors (Lipinski definition) is 4. The number of amides is 1. The first kappa shape index (κ1) is 22.2. The van der Waals surface area contributed by atoms with Crippen LogP contribution in [0, 0.1) is 29.1 Å². The molecule has 1 heterocycles. The normalized spacial score (nSPS) is 11.0. The van der Waals surface area contributed by atoms with Crippen molar-refractivity contribution in [1.82, 2.24) is 4.98 Å². The maximum atomic E-state index is 14.3. The summed E-state index contributed by atoms with van der Waals surface area (Å²) in [7, 11) is 0. The van der Waals surface area contributed by atoms with Crippen molar-refractivity contribution in [2.45, 2.75) is 19.8 Å². The van der Waals surface area contributed by atoms with Crippen molar-refractivity contribution in [3.63, 3.8) is 0 Å². The van der Waals surface area contributed by atoms with Gasteiger partial charge in [0.25, 0.3) is 5.91 Å². The largest absolute Gasteiger partial charge is 0.507 e. The number of benzene rings is 2. The molecule has 0 atom stereocenters. The van der Waals surface area contributed by atoms with Gasteiger partial charge in [-0.1, -0.05) is 29.3 Å². The van der Waals surface area contributed by atoms with Crippen LogP contribution in [0.15, 0.2) is 22.7 Å². The lowest BCUT2D eigenvalue weighted by molar-refractivity contribution is 0.102. The Kier molecular flexibility index (Phi) is 6.41. The Balaban J connectivity index is 2.07. The maximum absolute atomic E-state index is 14.3. The van der Waals surface area contributed by atoms with Gasteiger partial charge in [0, 0.05) is 9.35 Å². The first-order valence-corrected chi connectivity index (χ1v) is 10.1. The Morgan fingerprint density at radius 2 is 1.70 bits per heavy atom. The van der Waals surface area contributed by atoms with E-state index < -0.39 is 46.3 Å².